The highest BCUT2D eigenvalue weighted by molar-refractivity contribution is 5.77. The summed E-state index contributed by atoms with van der Waals surface area (Å²) in [6.07, 6.45) is 6.99. The third kappa shape index (κ3) is 1.79. The van der Waals surface area contributed by atoms with Crippen LogP contribution in [-0.4, -0.2) is 0 Å². The number of benzene rings is 1. The molecule has 0 fully saturated rings. The highest BCUT2D eigenvalue weighted by Crippen LogP contribution is 2.27. The van der Waals surface area contributed by atoms with E-state index in [-0.39, 0.29) is 0 Å². The molecule has 0 spiro atoms. The highest BCUT2D eigenvalue weighted by atomic mass is 14.1. The van der Waals surface area contributed by atoms with Crippen LogP contribution in [0.5, 0.6) is 0 Å². The van der Waals surface area contributed by atoms with E-state index in [0.717, 1.165) is 0 Å². The van der Waals surface area contributed by atoms with Gasteiger partial charge in [0.1, 0.15) is 0 Å². The van der Waals surface area contributed by atoms with Gasteiger partial charge in [-0.2, -0.15) is 0 Å². The van der Waals surface area contributed by atoms with E-state index in [2.05, 4.69) is 50.3 Å². The Morgan fingerprint density at radius 3 is 2.79 bits per heavy atom. The van der Waals surface area contributed by atoms with Gasteiger partial charge in [-0.05, 0) is 43.4 Å². The summed E-state index contributed by atoms with van der Waals surface area (Å²) in [7, 11) is 0. The van der Waals surface area contributed by atoms with Crippen molar-refractivity contribution < 1.29 is 0 Å². The summed E-state index contributed by atoms with van der Waals surface area (Å²) in [5, 5.41) is 0. The van der Waals surface area contributed by atoms with Crippen LogP contribution in [0, 0.1) is 0 Å². The molecule has 0 radical (unpaired) electrons. The van der Waals surface area contributed by atoms with E-state index in [1.165, 1.54) is 35.1 Å². The summed E-state index contributed by atoms with van der Waals surface area (Å²) in [6, 6.07) is 8.71. The van der Waals surface area contributed by atoms with Crippen molar-refractivity contribution in [3.63, 3.8) is 0 Å². The zero-order valence-electron chi connectivity index (χ0n) is 8.88. The molecule has 1 aliphatic carbocycles. The fourth-order valence-corrected chi connectivity index (χ4v) is 1.96. The Balaban J connectivity index is 2.45. The van der Waals surface area contributed by atoms with Gasteiger partial charge in [-0.25, -0.2) is 0 Å². The quantitative estimate of drug-likeness (QED) is 0.619. The molecule has 0 aromatic heterocycles. The first kappa shape index (κ1) is 9.26. The van der Waals surface area contributed by atoms with Crippen LogP contribution in [0.3, 0.4) is 0 Å². The monoisotopic (exact) mass is 184 g/mol. The predicted molar refractivity (Wildman–Crippen MR) is 62.2 cm³/mol. The molecule has 2 rings (SSSR count). The molecule has 0 aliphatic heterocycles. The topological polar surface area (TPSA) is 0 Å². The fourth-order valence-electron chi connectivity index (χ4n) is 1.96. The maximum Gasteiger partial charge on any atom is -0.0155 e. The van der Waals surface area contributed by atoms with Gasteiger partial charge in [-0.3, -0.25) is 0 Å². The van der Waals surface area contributed by atoms with Crippen molar-refractivity contribution >= 4 is 5.57 Å². The minimum atomic E-state index is 1.18. The lowest BCUT2D eigenvalue weighted by atomic mass is 9.90. The summed E-state index contributed by atoms with van der Waals surface area (Å²) < 4.78 is 0. The average Bonchev–Trinajstić information content (AvgIpc) is 2.18. The fraction of sp³-hybridized carbons (Fsp3) is 0.286. The standard InChI is InChI=1S/C14H16/c1-11(2)10-13-8-5-7-12-6-3-4-9-14(12)13/h3-4,6,8-10H,5,7H2,1-2H3. The van der Waals surface area contributed by atoms with E-state index < -0.39 is 0 Å². The summed E-state index contributed by atoms with van der Waals surface area (Å²) in [4.78, 5) is 0. The summed E-state index contributed by atoms with van der Waals surface area (Å²) in [5.74, 6) is 0. The summed E-state index contributed by atoms with van der Waals surface area (Å²) in [6.45, 7) is 4.30. The average molecular weight is 184 g/mol. The van der Waals surface area contributed by atoms with Gasteiger partial charge in [0.05, 0.1) is 0 Å². The van der Waals surface area contributed by atoms with Crippen LogP contribution in [0.15, 0.2) is 42.0 Å². The van der Waals surface area contributed by atoms with E-state index in [1.54, 1.807) is 0 Å². The van der Waals surface area contributed by atoms with E-state index in [4.69, 9.17) is 0 Å². The Labute approximate surface area is 86.0 Å². The normalized spacial score (nSPS) is 14.3. The molecule has 0 heterocycles. The molecule has 0 unspecified atom stereocenters. The van der Waals surface area contributed by atoms with Crippen LogP contribution in [0.25, 0.3) is 5.57 Å². The molecule has 0 heteroatoms. The number of rotatable bonds is 1. The van der Waals surface area contributed by atoms with Gasteiger partial charge >= 0.3 is 0 Å². The molecule has 0 atom stereocenters. The lowest BCUT2D eigenvalue weighted by Crippen LogP contribution is -1.97. The van der Waals surface area contributed by atoms with Gasteiger partial charge in [0.25, 0.3) is 0 Å². The first-order valence-electron chi connectivity index (χ1n) is 5.21. The van der Waals surface area contributed by atoms with Crippen molar-refractivity contribution in [1.82, 2.24) is 0 Å². The maximum atomic E-state index is 2.34. The number of fused-ring (bicyclic) bond motifs is 1. The predicted octanol–water partition coefficient (Wildman–Crippen LogP) is 3.98. The first-order valence-corrected chi connectivity index (χ1v) is 5.21. The zero-order valence-corrected chi connectivity index (χ0v) is 8.88. The number of hydrogen-bond acceptors (Lipinski definition) is 0. The maximum absolute atomic E-state index is 2.34. The number of hydrogen-bond donors (Lipinski definition) is 0. The van der Waals surface area contributed by atoms with Gasteiger partial charge in [-0.15, -0.1) is 0 Å². The molecule has 1 aromatic rings. The molecule has 0 saturated carbocycles. The smallest absolute Gasteiger partial charge is 0.0155 e. The van der Waals surface area contributed by atoms with Gasteiger partial charge < -0.3 is 0 Å². The minimum Gasteiger partial charge on any atom is -0.0763 e. The van der Waals surface area contributed by atoms with Crippen molar-refractivity contribution in [2.45, 2.75) is 26.7 Å². The Bertz CT molecular complexity index is 390. The Morgan fingerprint density at radius 1 is 1.21 bits per heavy atom. The van der Waals surface area contributed by atoms with Crippen molar-refractivity contribution in [2.24, 2.45) is 0 Å². The summed E-state index contributed by atoms with van der Waals surface area (Å²) in [5.41, 5.74) is 5.67. The molecule has 14 heavy (non-hydrogen) atoms. The van der Waals surface area contributed by atoms with E-state index in [9.17, 15) is 0 Å². The SMILES string of the molecule is CC(C)=CC1=CCCc2ccccc21. The molecule has 1 aromatic carbocycles. The lowest BCUT2D eigenvalue weighted by Gasteiger charge is -2.15. The lowest BCUT2D eigenvalue weighted by molar-refractivity contribution is 0.979. The van der Waals surface area contributed by atoms with Crippen LogP contribution in [0.4, 0.5) is 0 Å². The molecule has 0 amide bonds. The molecule has 0 bridgehead atoms. The minimum absolute atomic E-state index is 1.18. The van der Waals surface area contributed by atoms with Crippen LogP contribution in [0.2, 0.25) is 0 Å². The molecular formula is C14H16. The zero-order chi connectivity index (χ0) is 9.97. The molecule has 72 valence electrons. The second-order valence-corrected chi connectivity index (χ2v) is 4.08. The van der Waals surface area contributed by atoms with Crippen LogP contribution >= 0.6 is 0 Å². The second-order valence-electron chi connectivity index (χ2n) is 4.08. The van der Waals surface area contributed by atoms with Gasteiger partial charge in [0.15, 0.2) is 0 Å². The Hall–Kier alpha value is -1.30. The molecule has 0 saturated heterocycles. The van der Waals surface area contributed by atoms with E-state index >= 15 is 0 Å². The van der Waals surface area contributed by atoms with Crippen LogP contribution in [0.1, 0.15) is 31.4 Å². The third-order valence-corrected chi connectivity index (χ3v) is 2.55. The van der Waals surface area contributed by atoms with Crippen molar-refractivity contribution in [1.29, 1.82) is 0 Å². The first-order chi connectivity index (χ1) is 6.77. The van der Waals surface area contributed by atoms with Gasteiger partial charge in [0.2, 0.25) is 0 Å². The van der Waals surface area contributed by atoms with Crippen LogP contribution in [-0.2, 0) is 6.42 Å². The van der Waals surface area contributed by atoms with E-state index in [1.807, 2.05) is 0 Å². The largest absolute Gasteiger partial charge is 0.0763 e. The number of aryl methyl sites for hydroxylation is 1. The molecule has 0 N–H and O–H groups in total. The van der Waals surface area contributed by atoms with E-state index in [0.29, 0.717) is 0 Å². The van der Waals surface area contributed by atoms with Gasteiger partial charge in [-0.1, -0.05) is 42.0 Å². The molecule has 0 nitrogen and oxygen atoms in total. The second kappa shape index (κ2) is 3.83. The Morgan fingerprint density at radius 2 is 2.00 bits per heavy atom. The van der Waals surface area contributed by atoms with Crippen molar-refractivity contribution in [3.8, 4) is 0 Å². The van der Waals surface area contributed by atoms with Crippen molar-refractivity contribution in [3.05, 3.63) is 53.1 Å². The summed E-state index contributed by atoms with van der Waals surface area (Å²) >= 11 is 0. The van der Waals surface area contributed by atoms with Crippen molar-refractivity contribution in [2.75, 3.05) is 0 Å². The van der Waals surface area contributed by atoms with Gasteiger partial charge in [0, 0.05) is 0 Å². The third-order valence-electron chi connectivity index (χ3n) is 2.55. The van der Waals surface area contributed by atoms with Crippen LogP contribution < -0.4 is 0 Å². The molecule has 1 aliphatic rings. The highest BCUT2D eigenvalue weighted by Gasteiger charge is 2.08. The molecular weight excluding hydrogens is 168 g/mol. The number of allylic oxidation sites excluding steroid dienone is 4. The Kier molecular flexibility index (Phi) is 2.53.